The van der Waals surface area contributed by atoms with Crippen LogP contribution in [0.15, 0.2) is 0 Å². The molecule has 0 heterocycles. The zero-order chi connectivity index (χ0) is 24.3. The van der Waals surface area contributed by atoms with E-state index in [0.29, 0.717) is 19.3 Å². The molecule has 0 spiro atoms. The van der Waals surface area contributed by atoms with Crippen LogP contribution in [0, 0.1) is 17.8 Å². The quantitative estimate of drug-likeness (QED) is 0.212. The third-order valence-corrected chi connectivity index (χ3v) is 5.81. The summed E-state index contributed by atoms with van der Waals surface area (Å²) in [5.41, 5.74) is 5.93. The number of hydrogen-bond acceptors (Lipinski definition) is 6. The van der Waals surface area contributed by atoms with E-state index >= 15 is 0 Å². The fourth-order valence-corrected chi connectivity index (χ4v) is 3.23. The average molecular weight is 461 g/mol. The third-order valence-electron chi connectivity index (χ3n) is 5.45. The molecule has 6 unspecified atom stereocenters. The minimum absolute atomic E-state index is 0.0293. The topological polar surface area (TPSA) is 151 Å². The first kappa shape index (κ1) is 29.2. The molecule has 3 amide bonds. The first-order valence-electron chi connectivity index (χ1n) is 10.9. The minimum atomic E-state index is -1.14. The molecule has 0 aromatic carbocycles. The Morgan fingerprint density at radius 1 is 0.839 bits per heavy atom. The van der Waals surface area contributed by atoms with Crippen LogP contribution in [-0.4, -0.2) is 58.7 Å². The Bertz CT molecular complexity index is 617. The van der Waals surface area contributed by atoms with Gasteiger partial charge >= 0.3 is 5.97 Å². The van der Waals surface area contributed by atoms with Crippen LogP contribution in [0.4, 0.5) is 0 Å². The number of thiol groups is 1. The molecule has 6 atom stereocenters. The summed E-state index contributed by atoms with van der Waals surface area (Å²) in [5.74, 6) is -3.04. The molecule has 0 saturated heterocycles. The second-order valence-corrected chi connectivity index (χ2v) is 8.93. The Kier molecular flexibility index (Phi) is 13.5. The van der Waals surface area contributed by atoms with Gasteiger partial charge in [0.05, 0.1) is 6.04 Å². The van der Waals surface area contributed by atoms with Gasteiger partial charge < -0.3 is 26.8 Å². The number of carboxylic acids is 1. The summed E-state index contributed by atoms with van der Waals surface area (Å²) in [6.45, 7) is 11.2. The van der Waals surface area contributed by atoms with Crippen molar-refractivity contribution < 1.29 is 24.3 Å². The number of aliphatic carboxylic acids is 1. The van der Waals surface area contributed by atoms with Crippen molar-refractivity contribution in [3.05, 3.63) is 0 Å². The summed E-state index contributed by atoms with van der Waals surface area (Å²) >= 11 is 4.13. The normalized spacial score (nSPS) is 17.1. The largest absolute Gasteiger partial charge is 0.480 e. The zero-order valence-corrected chi connectivity index (χ0v) is 20.4. The molecule has 0 fully saturated rings. The minimum Gasteiger partial charge on any atom is -0.480 e. The van der Waals surface area contributed by atoms with Crippen LogP contribution in [0.25, 0.3) is 0 Å². The molecule has 31 heavy (non-hydrogen) atoms. The van der Waals surface area contributed by atoms with Gasteiger partial charge in [0.2, 0.25) is 17.7 Å². The highest BCUT2D eigenvalue weighted by atomic mass is 32.1. The maximum Gasteiger partial charge on any atom is 0.326 e. The van der Waals surface area contributed by atoms with Crippen molar-refractivity contribution in [3.63, 3.8) is 0 Å². The second-order valence-electron chi connectivity index (χ2n) is 8.56. The van der Waals surface area contributed by atoms with Gasteiger partial charge in [-0.15, -0.1) is 0 Å². The standard InChI is InChI=1S/C21H40N4O5S/c1-7-12(5)16(24-18(26)14(22)9-11(3)4)20(28)23-15(10-31)19(27)25-17(21(29)30)13(6)8-2/h11-17,31H,7-10,22H2,1-6H3,(H,23,28)(H,24,26)(H,25,27)(H,29,30). The summed E-state index contributed by atoms with van der Waals surface area (Å²) in [7, 11) is 0. The molecule has 180 valence electrons. The molecule has 0 aliphatic rings. The van der Waals surface area contributed by atoms with Crippen molar-refractivity contribution in [2.75, 3.05) is 5.75 Å². The van der Waals surface area contributed by atoms with E-state index in [4.69, 9.17) is 5.73 Å². The highest BCUT2D eigenvalue weighted by molar-refractivity contribution is 7.80. The number of carboxylic acid groups (broad SMARTS) is 1. The van der Waals surface area contributed by atoms with Crippen LogP contribution in [0.3, 0.4) is 0 Å². The van der Waals surface area contributed by atoms with Gasteiger partial charge in [0.1, 0.15) is 18.1 Å². The van der Waals surface area contributed by atoms with Crippen molar-refractivity contribution in [1.82, 2.24) is 16.0 Å². The van der Waals surface area contributed by atoms with E-state index in [9.17, 15) is 24.3 Å². The molecule has 0 aromatic heterocycles. The lowest BCUT2D eigenvalue weighted by Gasteiger charge is -2.28. The van der Waals surface area contributed by atoms with E-state index in [1.165, 1.54) is 0 Å². The number of carbonyl (C=O) groups is 4. The van der Waals surface area contributed by atoms with Gasteiger partial charge in [-0.2, -0.15) is 12.6 Å². The predicted octanol–water partition coefficient (Wildman–Crippen LogP) is 0.921. The number of carbonyl (C=O) groups excluding carboxylic acids is 3. The van der Waals surface area contributed by atoms with Gasteiger partial charge in [0.25, 0.3) is 0 Å². The molecule has 0 radical (unpaired) electrons. The first-order chi connectivity index (χ1) is 14.4. The molecule has 0 rings (SSSR count). The lowest BCUT2D eigenvalue weighted by atomic mass is 9.96. The van der Waals surface area contributed by atoms with E-state index in [-0.39, 0.29) is 23.5 Å². The Labute approximate surface area is 191 Å². The SMILES string of the molecule is CCC(C)C(NC(=O)C(CS)NC(=O)C(NC(=O)C(N)CC(C)C)C(C)CC)C(=O)O. The molecule has 0 aliphatic carbocycles. The smallest absolute Gasteiger partial charge is 0.326 e. The Morgan fingerprint density at radius 2 is 1.32 bits per heavy atom. The van der Waals surface area contributed by atoms with E-state index < -0.39 is 47.9 Å². The number of rotatable bonds is 14. The number of nitrogens with two attached hydrogens (primary N) is 1. The predicted molar refractivity (Wildman–Crippen MR) is 124 cm³/mol. The van der Waals surface area contributed by atoms with Crippen LogP contribution >= 0.6 is 12.6 Å². The van der Waals surface area contributed by atoms with Crippen LogP contribution in [-0.2, 0) is 19.2 Å². The van der Waals surface area contributed by atoms with Gasteiger partial charge in [-0.3, -0.25) is 14.4 Å². The van der Waals surface area contributed by atoms with Gasteiger partial charge in [0.15, 0.2) is 0 Å². The Hall–Kier alpha value is -1.81. The number of nitrogens with one attached hydrogen (secondary N) is 3. The summed E-state index contributed by atoms with van der Waals surface area (Å²) in [6, 6.07) is -3.74. The van der Waals surface area contributed by atoms with Crippen molar-refractivity contribution >= 4 is 36.3 Å². The van der Waals surface area contributed by atoms with Gasteiger partial charge in [0, 0.05) is 5.75 Å². The van der Waals surface area contributed by atoms with E-state index in [2.05, 4.69) is 28.6 Å². The van der Waals surface area contributed by atoms with Crippen molar-refractivity contribution in [1.29, 1.82) is 0 Å². The third kappa shape index (κ3) is 9.90. The zero-order valence-electron chi connectivity index (χ0n) is 19.5. The molecule has 6 N–H and O–H groups in total. The van der Waals surface area contributed by atoms with Crippen LogP contribution in [0.5, 0.6) is 0 Å². The fraction of sp³-hybridized carbons (Fsp3) is 0.810. The first-order valence-corrected chi connectivity index (χ1v) is 11.5. The van der Waals surface area contributed by atoms with Gasteiger partial charge in [-0.05, 0) is 24.2 Å². The monoisotopic (exact) mass is 460 g/mol. The molecular weight excluding hydrogens is 420 g/mol. The maximum absolute atomic E-state index is 12.9. The van der Waals surface area contributed by atoms with Gasteiger partial charge in [-0.25, -0.2) is 4.79 Å². The molecule has 0 bridgehead atoms. The lowest BCUT2D eigenvalue weighted by molar-refractivity contribution is -0.143. The number of hydrogen-bond donors (Lipinski definition) is 6. The van der Waals surface area contributed by atoms with Crippen molar-refractivity contribution in [3.8, 4) is 0 Å². The summed E-state index contributed by atoms with van der Waals surface area (Å²) in [5, 5.41) is 17.2. The summed E-state index contributed by atoms with van der Waals surface area (Å²) < 4.78 is 0. The Balaban J connectivity index is 5.33. The van der Waals surface area contributed by atoms with Crippen molar-refractivity contribution in [2.45, 2.75) is 85.0 Å². The van der Waals surface area contributed by atoms with Crippen LogP contribution in [0.2, 0.25) is 0 Å². The van der Waals surface area contributed by atoms with E-state index in [1.54, 1.807) is 6.92 Å². The Morgan fingerprint density at radius 3 is 1.74 bits per heavy atom. The summed E-state index contributed by atoms with van der Waals surface area (Å²) in [6.07, 6.45) is 1.66. The van der Waals surface area contributed by atoms with E-state index in [0.717, 1.165) is 0 Å². The summed E-state index contributed by atoms with van der Waals surface area (Å²) in [4.78, 5) is 49.5. The molecule has 10 heteroatoms. The van der Waals surface area contributed by atoms with Crippen LogP contribution in [0.1, 0.15) is 60.8 Å². The lowest BCUT2D eigenvalue weighted by Crippen LogP contribution is -2.59. The molecular formula is C21H40N4O5S. The number of amides is 3. The molecule has 0 aliphatic heterocycles. The molecule has 9 nitrogen and oxygen atoms in total. The fourth-order valence-electron chi connectivity index (χ4n) is 2.97. The second kappa shape index (κ2) is 14.3. The highest BCUT2D eigenvalue weighted by Gasteiger charge is 2.33. The maximum atomic E-state index is 12.9. The average Bonchev–Trinajstić information content (AvgIpc) is 2.71. The highest BCUT2D eigenvalue weighted by Crippen LogP contribution is 2.11. The van der Waals surface area contributed by atoms with E-state index in [1.807, 2.05) is 34.6 Å². The van der Waals surface area contributed by atoms with Gasteiger partial charge in [-0.1, -0.05) is 54.4 Å². The van der Waals surface area contributed by atoms with Crippen molar-refractivity contribution in [2.24, 2.45) is 23.5 Å². The molecule has 0 aromatic rings. The van der Waals surface area contributed by atoms with Crippen LogP contribution < -0.4 is 21.7 Å². The molecule has 0 saturated carbocycles.